The standard InChI is InChI=1S/C10H12BrNOS/c11-9-7-14-6-8(9)10(13)12-4-2-1-3-5-12/h6-7H,1-5H2. The SMILES string of the molecule is O=C(c1cscc1Br)N1CCCCC1. The van der Waals surface area contributed by atoms with E-state index in [4.69, 9.17) is 0 Å². The highest BCUT2D eigenvalue weighted by Gasteiger charge is 2.20. The van der Waals surface area contributed by atoms with E-state index in [2.05, 4.69) is 15.9 Å². The number of amides is 1. The Morgan fingerprint density at radius 3 is 2.57 bits per heavy atom. The summed E-state index contributed by atoms with van der Waals surface area (Å²) in [5.41, 5.74) is 0.817. The van der Waals surface area contributed by atoms with E-state index in [1.165, 1.54) is 6.42 Å². The molecule has 0 aliphatic carbocycles. The summed E-state index contributed by atoms with van der Waals surface area (Å²) >= 11 is 4.96. The molecule has 1 amide bonds. The van der Waals surface area contributed by atoms with Crippen LogP contribution in [0.2, 0.25) is 0 Å². The number of carbonyl (C=O) groups excluding carboxylic acids is 1. The van der Waals surface area contributed by atoms with Gasteiger partial charge in [0.25, 0.3) is 5.91 Å². The molecule has 1 saturated heterocycles. The number of carbonyl (C=O) groups is 1. The van der Waals surface area contributed by atoms with Gasteiger partial charge in [-0.25, -0.2) is 0 Å². The van der Waals surface area contributed by atoms with Crippen molar-refractivity contribution < 1.29 is 4.79 Å². The fourth-order valence-corrected chi connectivity index (χ4v) is 3.14. The first-order valence-electron chi connectivity index (χ1n) is 4.80. The maximum absolute atomic E-state index is 12.0. The van der Waals surface area contributed by atoms with Crippen LogP contribution in [0.5, 0.6) is 0 Å². The van der Waals surface area contributed by atoms with Crippen LogP contribution in [0.1, 0.15) is 29.6 Å². The summed E-state index contributed by atoms with van der Waals surface area (Å²) in [5.74, 6) is 0.179. The molecular formula is C10H12BrNOS. The normalized spacial score (nSPS) is 17.1. The fourth-order valence-electron chi connectivity index (χ4n) is 1.70. The number of hydrogen-bond donors (Lipinski definition) is 0. The van der Waals surface area contributed by atoms with Crippen LogP contribution in [0, 0.1) is 0 Å². The number of hydrogen-bond acceptors (Lipinski definition) is 2. The zero-order valence-corrected chi connectivity index (χ0v) is 10.2. The molecule has 2 nitrogen and oxygen atoms in total. The van der Waals surface area contributed by atoms with Gasteiger partial charge in [0.1, 0.15) is 0 Å². The third kappa shape index (κ3) is 2.01. The first kappa shape index (κ1) is 10.2. The second-order valence-corrected chi connectivity index (χ2v) is 5.08. The molecule has 0 saturated carbocycles. The average molecular weight is 274 g/mol. The molecule has 4 heteroatoms. The van der Waals surface area contributed by atoms with Gasteiger partial charge in [-0.15, -0.1) is 0 Å². The van der Waals surface area contributed by atoms with E-state index in [9.17, 15) is 4.79 Å². The van der Waals surface area contributed by atoms with Gasteiger partial charge in [0.2, 0.25) is 0 Å². The molecule has 1 aromatic rings. The van der Waals surface area contributed by atoms with Gasteiger partial charge in [-0.1, -0.05) is 0 Å². The van der Waals surface area contributed by atoms with Gasteiger partial charge in [-0.3, -0.25) is 4.79 Å². The van der Waals surface area contributed by atoms with Crippen LogP contribution in [0.15, 0.2) is 15.2 Å². The zero-order valence-electron chi connectivity index (χ0n) is 7.83. The lowest BCUT2D eigenvalue weighted by Gasteiger charge is -2.26. The zero-order chi connectivity index (χ0) is 9.97. The predicted molar refractivity (Wildman–Crippen MR) is 61.8 cm³/mol. The summed E-state index contributed by atoms with van der Waals surface area (Å²) in [6.45, 7) is 1.84. The van der Waals surface area contributed by atoms with Gasteiger partial charge in [-0.05, 0) is 35.2 Å². The molecule has 1 aliphatic rings. The highest BCUT2D eigenvalue weighted by atomic mass is 79.9. The first-order valence-corrected chi connectivity index (χ1v) is 6.53. The molecule has 0 spiro atoms. The lowest BCUT2D eigenvalue weighted by molar-refractivity contribution is 0.0724. The third-order valence-corrected chi connectivity index (χ3v) is 4.19. The van der Waals surface area contributed by atoms with Gasteiger partial charge in [-0.2, -0.15) is 11.3 Å². The Bertz CT molecular complexity index is 331. The number of thiophene rings is 1. The molecule has 76 valence electrons. The van der Waals surface area contributed by atoms with Gasteiger partial charge in [0.15, 0.2) is 0 Å². The summed E-state index contributed by atoms with van der Waals surface area (Å²) < 4.78 is 0.929. The van der Waals surface area contributed by atoms with Crippen molar-refractivity contribution in [2.24, 2.45) is 0 Å². The first-order chi connectivity index (χ1) is 6.79. The molecule has 2 rings (SSSR count). The molecule has 0 radical (unpaired) electrons. The highest BCUT2D eigenvalue weighted by Crippen LogP contribution is 2.24. The Morgan fingerprint density at radius 2 is 2.00 bits per heavy atom. The van der Waals surface area contributed by atoms with Crippen molar-refractivity contribution in [1.29, 1.82) is 0 Å². The van der Waals surface area contributed by atoms with Gasteiger partial charge in [0.05, 0.1) is 5.56 Å². The molecule has 1 fully saturated rings. The molecule has 0 bridgehead atoms. The average Bonchev–Trinajstić information content (AvgIpc) is 2.65. The quantitative estimate of drug-likeness (QED) is 0.770. The number of piperidine rings is 1. The molecule has 0 N–H and O–H groups in total. The van der Waals surface area contributed by atoms with Crippen molar-refractivity contribution >= 4 is 33.2 Å². The van der Waals surface area contributed by atoms with E-state index in [1.54, 1.807) is 11.3 Å². The minimum Gasteiger partial charge on any atom is -0.339 e. The van der Waals surface area contributed by atoms with Crippen LogP contribution >= 0.6 is 27.3 Å². The van der Waals surface area contributed by atoms with Gasteiger partial charge in [0, 0.05) is 28.3 Å². The molecule has 2 heterocycles. The third-order valence-electron chi connectivity index (χ3n) is 2.49. The Balaban J connectivity index is 2.11. The monoisotopic (exact) mass is 273 g/mol. The van der Waals surface area contributed by atoms with Crippen LogP contribution in [0.3, 0.4) is 0 Å². The number of rotatable bonds is 1. The van der Waals surface area contributed by atoms with Gasteiger partial charge >= 0.3 is 0 Å². The van der Waals surface area contributed by atoms with E-state index < -0.39 is 0 Å². The summed E-state index contributed by atoms with van der Waals surface area (Å²) in [6, 6.07) is 0. The Labute approximate surface area is 96.0 Å². The van der Waals surface area contributed by atoms with Crippen molar-refractivity contribution in [2.75, 3.05) is 13.1 Å². The maximum atomic E-state index is 12.0. The van der Waals surface area contributed by atoms with E-state index in [-0.39, 0.29) is 5.91 Å². The van der Waals surface area contributed by atoms with E-state index in [0.29, 0.717) is 0 Å². The van der Waals surface area contributed by atoms with Crippen molar-refractivity contribution in [1.82, 2.24) is 4.90 Å². The second-order valence-electron chi connectivity index (χ2n) is 3.49. The van der Waals surface area contributed by atoms with Crippen LogP contribution < -0.4 is 0 Å². The molecule has 1 aromatic heterocycles. The highest BCUT2D eigenvalue weighted by molar-refractivity contribution is 9.10. The van der Waals surface area contributed by atoms with Crippen molar-refractivity contribution in [3.63, 3.8) is 0 Å². The van der Waals surface area contributed by atoms with E-state index in [1.807, 2.05) is 15.7 Å². The van der Waals surface area contributed by atoms with E-state index in [0.717, 1.165) is 36.0 Å². The lowest BCUT2D eigenvalue weighted by atomic mass is 10.1. The molecule has 0 atom stereocenters. The topological polar surface area (TPSA) is 20.3 Å². The van der Waals surface area contributed by atoms with Crippen LogP contribution in [-0.4, -0.2) is 23.9 Å². The Hall–Kier alpha value is -0.350. The summed E-state index contributed by atoms with van der Waals surface area (Å²) in [6.07, 6.45) is 3.55. The van der Waals surface area contributed by atoms with Crippen LogP contribution in [-0.2, 0) is 0 Å². The van der Waals surface area contributed by atoms with Crippen LogP contribution in [0.4, 0.5) is 0 Å². The lowest BCUT2D eigenvalue weighted by Crippen LogP contribution is -2.35. The Kier molecular flexibility index (Phi) is 3.23. The van der Waals surface area contributed by atoms with Crippen molar-refractivity contribution in [3.8, 4) is 0 Å². The number of likely N-dealkylation sites (tertiary alicyclic amines) is 1. The van der Waals surface area contributed by atoms with Crippen LogP contribution in [0.25, 0.3) is 0 Å². The predicted octanol–water partition coefficient (Wildman–Crippen LogP) is 3.14. The molecule has 14 heavy (non-hydrogen) atoms. The second kappa shape index (κ2) is 4.45. The van der Waals surface area contributed by atoms with Crippen molar-refractivity contribution in [3.05, 3.63) is 20.8 Å². The maximum Gasteiger partial charge on any atom is 0.255 e. The van der Waals surface area contributed by atoms with E-state index >= 15 is 0 Å². The fraction of sp³-hybridized carbons (Fsp3) is 0.500. The minimum absolute atomic E-state index is 0.179. The number of halogens is 1. The smallest absolute Gasteiger partial charge is 0.255 e. The molecule has 1 aliphatic heterocycles. The number of nitrogens with zero attached hydrogens (tertiary/aromatic N) is 1. The molecule has 0 unspecified atom stereocenters. The summed E-state index contributed by atoms with van der Waals surface area (Å²) in [4.78, 5) is 13.9. The minimum atomic E-state index is 0.179. The van der Waals surface area contributed by atoms with Gasteiger partial charge < -0.3 is 4.90 Å². The van der Waals surface area contributed by atoms with Crippen molar-refractivity contribution in [2.45, 2.75) is 19.3 Å². The molecule has 0 aromatic carbocycles. The summed E-state index contributed by atoms with van der Waals surface area (Å²) in [5, 5.41) is 3.87. The Morgan fingerprint density at radius 1 is 1.29 bits per heavy atom. The largest absolute Gasteiger partial charge is 0.339 e. The molecular weight excluding hydrogens is 262 g/mol. The summed E-state index contributed by atoms with van der Waals surface area (Å²) in [7, 11) is 0.